The zero-order valence-corrected chi connectivity index (χ0v) is 15.6. The minimum absolute atomic E-state index is 0.188. The van der Waals surface area contributed by atoms with Crippen LogP contribution in [0.3, 0.4) is 0 Å². The van der Waals surface area contributed by atoms with Crippen LogP contribution < -0.4 is 0 Å². The molecule has 3 aromatic rings. The highest BCUT2D eigenvalue weighted by Crippen LogP contribution is 2.42. The SMILES string of the molecule is Cc1noc(C)c1-c1cc(C2C(C)C=NN2C)c2nc(C3CC3)[nH]c2c1. The molecule has 1 aromatic carbocycles. The van der Waals surface area contributed by atoms with Gasteiger partial charge >= 0.3 is 0 Å². The maximum Gasteiger partial charge on any atom is 0.141 e. The highest BCUT2D eigenvalue weighted by molar-refractivity contribution is 5.87. The number of H-pyrrole nitrogens is 1. The lowest BCUT2D eigenvalue weighted by Gasteiger charge is -2.24. The van der Waals surface area contributed by atoms with Gasteiger partial charge in [0.1, 0.15) is 11.6 Å². The number of rotatable bonds is 3. The van der Waals surface area contributed by atoms with Crippen LogP contribution in [-0.2, 0) is 0 Å². The van der Waals surface area contributed by atoms with Gasteiger partial charge in [0.05, 0.1) is 22.8 Å². The van der Waals surface area contributed by atoms with Crippen LogP contribution in [0.15, 0.2) is 21.8 Å². The van der Waals surface area contributed by atoms with Gasteiger partial charge in [0.25, 0.3) is 0 Å². The Morgan fingerprint density at radius 2 is 2.04 bits per heavy atom. The van der Waals surface area contributed by atoms with Crippen molar-refractivity contribution >= 4 is 17.2 Å². The van der Waals surface area contributed by atoms with Gasteiger partial charge in [-0.3, -0.25) is 5.01 Å². The molecule has 1 aliphatic carbocycles. The van der Waals surface area contributed by atoms with E-state index in [0.29, 0.717) is 11.8 Å². The summed E-state index contributed by atoms with van der Waals surface area (Å²) >= 11 is 0. The van der Waals surface area contributed by atoms with Crippen LogP contribution >= 0.6 is 0 Å². The third-order valence-electron chi connectivity index (χ3n) is 5.62. The largest absolute Gasteiger partial charge is 0.361 e. The second-order valence-corrected chi connectivity index (χ2v) is 7.70. The van der Waals surface area contributed by atoms with Gasteiger partial charge in [-0.15, -0.1) is 0 Å². The van der Waals surface area contributed by atoms with Gasteiger partial charge in [0.2, 0.25) is 0 Å². The molecule has 26 heavy (non-hydrogen) atoms. The van der Waals surface area contributed by atoms with E-state index in [1.807, 2.05) is 32.1 Å². The highest BCUT2D eigenvalue weighted by Gasteiger charge is 2.32. The topological polar surface area (TPSA) is 70.3 Å². The molecule has 2 aromatic heterocycles. The molecule has 6 heteroatoms. The summed E-state index contributed by atoms with van der Waals surface area (Å²) in [5.41, 5.74) is 6.49. The molecular formula is C20H23N5O. The van der Waals surface area contributed by atoms with Crippen LogP contribution in [0.5, 0.6) is 0 Å². The summed E-state index contributed by atoms with van der Waals surface area (Å²) in [4.78, 5) is 8.55. The normalized spacial score (nSPS) is 22.7. The van der Waals surface area contributed by atoms with Gasteiger partial charge in [-0.1, -0.05) is 12.1 Å². The smallest absolute Gasteiger partial charge is 0.141 e. The average molecular weight is 349 g/mol. The third kappa shape index (κ3) is 2.28. The lowest BCUT2D eigenvalue weighted by Crippen LogP contribution is -2.19. The van der Waals surface area contributed by atoms with Crippen LogP contribution in [0.4, 0.5) is 0 Å². The van der Waals surface area contributed by atoms with E-state index in [2.05, 4.69) is 34.3 Å². The van der Waals surface area contributed by atoms with Crippen molar-refractivity contribution in [1.82, 2.24) is 20.1 Å². The minimum atomic E-state index is 0.188. The van der Waals surface area contributed by atoms with Crippen molar-refractivity contribution < 1.29 is 4.52 Å². The molecule has 1 fully saturated rings. The second-order valence-electron chi connectivity index (χ2n) is 7.70. The van der Waals surface area contributed by atoms with E-state index in [1.165, 1.54) is 18.4 Å². The predicted molar refractivity (Wildman–Crippen MR) is 101 cm³/mol. The van der Waals surface area contributed by atoms with Gasteiger partial charge in [-0.25, -0.2) is 4.98 Å². The molecule has 0 saturated heterocycles. The number of imidazole rings is 1. The molecule has 0 radical (unpaired) electrons. The van der Waals surface area contributed by atoms with E-state index in [-0.39, 0.29) is 6.04 Å². The zero-order valence-electron chi connectivity index (χ0n) is 15.6. The Kier molecular flexibility index (Phi) is 3.26. The van der Waals surface area contributed by atoms with Crippen molar-refractivity contribution in [3.05, 3.63) is 35.0 Å². The van der Waals surface area contributed by atoms with Crippen molar-refractivity contribution in [2.45, 2.75) is 45.6 Å². The van der Waals surface area contributed by atoms with E-state index in [1.54, 1.807) is 0 Å². The first kappa shape index (κ1) is 15.6. The molecule has 6 nitrogen and oxygen atoms in total. The number of nitrogens with zero attached hydrogens (tertiary/aromatic N) is 4. The Balaban J connectivity index is 1.75. The lowest BCUT2D eigenvalue weighted by atomic mass is 9.91. The molecule has 2 unspecified atom stereocenters. The molecule has 1 aliphatic heterocycles. The van der Waals surface area contributed by atoms with Crippen LogP contribution in [0.2, 0.25) is 0 Å². The van der Waals surface area contributed by atoms with E-state index < -0.39 is 0 Å². The Bertz CT molecular complexity index is 995. The van der Waals surface area contributed by atoms with Gasteiger partial charge < -0.3 is 9.51 Å². The van der Waals surface area contributed by atoms with Gasteiger partial charge in [-0.05, 0) is 44.4 Å². The average Bonchev–Trinajstić information content (AvgIpc) is 3.17. The summed E-state index contributed by atoms with van der Waals surface area (Å²) in [6, 6.07) is 4.62. The standard InChI is InChI=1S/C20H23N5O/c1-10-9-21-25(4)19(10)15-7-14(17-11(2)24-26-12(17)3)8-16-18(15)23-20(22-16)13-5-6-13/h7-10,13,19H,5-6H2,1-4H3,(H,22,23). The summed E-state index contributed by atoms with van der Waals surface area (Å²) in [5.74, 6) is 2.89. The van der Waals surface area contributed by atoms with Crippen LogP contribution in [0, 0.1) is 19.8 Å². The Morgan fingerprint density at radius 1 is 1.23 bits per heavy atom. The van der Waals surface area contributed by atoms with E-state index in [0.717, 1.165) is 39.4 Å². The molecular weight excluding hydrogens is 326 g/mol. The molecule has 5 rings (SSSR count). The molecule has 1 N–H and O–H groups in total. The molecule has 3 heterocycles. The Labute approximate surface area is 152 Å². The van der Waals surface area contributed by atoms with Crippen LogP contribution in [0.25, 0.3) is 22.2 Å². The van der Waals surface area contributed by atoms with Crippen molar-refractivity contribution in [2.24, 2.45) is 11.0 Å². The number of nitrogens with one attached hydrogen (secondary N) is 1. The summed E-state index contributed by atoms with van der Waals surface area (Å²) in [6.45, 7) is 6.17. The fourth-order valence-corrected chi connectivity index (χ4v) is 4.17. The van der Waals surface area contributed by atoms with Gasteiger partial charge in [-0.2, -0.15) is 5.10 Å². The number of aromatic nitrogens is 3. The summed E-state index contributed by atoms with van der Waals surface area (Å²) < 4.78 is 5.41. The van der Waals surface area contributed by atoms with Crippen molar-refractivity contribution in [3.8, 4) is 11.1 Å². The number of aryl methyl sites for hydroxylation is 2. The van der Waals surface area contributed by atoms with E-state index >= 15 is 0 Å². The number of benzene rings is 1. The zero-order chi connectivity index (χ0) is 18.0. The first-order valence-corrected chi connectivity index (χ1v) is 9.26. The monoisotopic (exact) mass is 349 g/mol. The van der Waals surface area contributed by atoms with Gasteiger partial charge in [0.15, 0.2) is 0 Å². The summed E-state index contributed by atoms with van der Waals surface area (Å²) in [7, 11) is 2.04. The predicted octanol–water partition coefficient (Wildman–Crippen LogP) is 4.32. The molecule has 134 valence electrons. The quantitative estimate of drug-likeness (QED) is 0.764. The van der Waals surface area contributed by atoms with Crippen LogP contribution in [-0.4, -0.2) is 33.4 Å². The second kappa shape index (κ2) is 5.43. The number of hydrazone groups is 1. The molecule has 0 bridgehead atoms. The Hall–Kier alpha value is -2.63. The molecule has 1 saturated carbocycles. The lowest BCUT2D eigenvalue weighted by molar-refractivity contribution is 0.259. The fourth-order valence-electron chi connectivity index (χ4n) is 4.17. The Morgan fingerprint density at radius 3 is 2.65 bits per heavy atom. The van der Waals surface area contributed by atoms with Crippen molar-refractivity contribution in [1.29, 1.82) is 0 Å². The molecule has 2 aliphatic rings. The first-order chi connectivity index (χ1) is 12.5. The number of hydrogen-bond acceptors (Lipinski definition) is 5. The number of aromatic amines is 1. The fraction of sp³-hybridized carbons (Fsp3) is 0.450. The summed E-state index contributed by atoms with van der Waals surface area (Å²) in [5, 5.41) is 10.7. The summed E-state index contributed by atoms with van der Waals surface area (Å²) in [6.07, 6.45) is 4.48. The molecule has 2 atom stereocenters. The van der Waals surface area contributed by atoms with Crippen LogP contribution in [0.1, 0.15) is 54.6 Å². The van der Waals surface area contributed by atoms with Crippen molar-refractivity contribution in [2.75, 3.05) is 7.05 Å². The molecule has 0 amide bonds. The van der Waals surface area contributed by atoms with Gasteiger partial charge in [0, 0.05) is 36.2 Å². The minimum Gasteiger partial charge on any atom is -0.361 e. The highest BCUT2D eigenvalue weighted by atomic mass is 16.5. The first-order valence-electron chi connectivity index (χ1n) is 9.26. The van der Waals surface area contributed by atoms with E-state index in [9.17, 15) is 0 Å². The maximum absolute atomic E-state index is 5.41. The number of fused-ring (bicyclic) bond motifs is 1. The maximum atomic E-state index is 5.41. The third-order valence-corrected chi connectivity index (χ3v) is 5.62. The number of hydrogen-bond donors (Lipinski definition) is 1. The van der Waals surface area contributed by atoms with E-state index in [4.69, 9.17) is 9.51 Å². The van der Waals surface area contributed by atoms with Crippen molar-refractivity contribution in [3.63, 3.8) is 0 Å². The molecule has 0 spiro atoms.